The lowest BCUT2D eigenvalue weighted by Gasteiger charge is -2.39. The summed E-state index contributed by atoms with van der Waals surface area (Å²) in [6, 6.07) is 1.98. The Labute approximate surface area is 135 Å². The van der Waals surface area contributed by atoms with Gasteiger partial charge in [-0.15, -0.1) is 0 Å². The molecule has 1 fully saturated rings. The molecule has 0 spiro atoms. The maximum absolute atomic E-state index is 12.5. The molecule has 2 amide bonds. The number of imidazole rings is 1. The highest BCUT2D eigenvalue weighted by Gasteiger charge is 2.31. The predicted octanol–water partition coefficient (Wildman–Crippen LogP) is 0.732. The summed E-state index contributed by atoms with van der Waals surface area (Å²) in [4.78, 5) is 24.2. The standard InChI is InChI=1S/C15H23N7O/c1-3-21-8-9-22(11-13(21)14-16-6-7-17-14)15(23)18-10-12-4-5-19-20(12)2/h4-7,13H,3,8-11H2,1-2H3,(H,16,17)(H,18,23)/t13-/m0/s1. The van der Waals surface area contributed by atoms with Gasteiger partial charge in [-0.05, 0) is 12.6 Å². The average molecular weight is 317 g/mol. The fourth-order valence-electron chi connectivity index (χ4n) is 2.96. The Morgan fingerprint density at radius 2 is 2.30 bits per heavy atom. The molecule has 3 heterocycles. The molecule has 2 N–H and O–H groups in total. The third kappa shape index (κ3) is 3.37. The normalized spacial score (nSPS) is 19.0. The number of carbonyl (C=O) groups is 1. The fourth-order valence-corrected chi connectivity index (χ4v) is 2.96. The van der Waals surface area contributed by atoms with Gasteiger partial charge in [0.2, 0.25) is 0 Å². The Bertz CT molecular complexity index is 636. The molecule has 1 aliphatic heterocycles. The van der Waals surface area contributed by atoms with Crippen molar-refractivity contribution in [3.8, 4) is 0 Å². The fraction of sp³-hybridized carbons (Fsp3) is 0.533. The number of nitrogens with zero attached hydrogens (tertiary/aromatic N) is 5. The number of nitrogens with one attached hydrogen (secondary N) is 2. The molecular weight excluding hydrogens is 294 g/mol. The van der Waals surface area contributed by atoms with E-state index in [9.17, 15) is 4.79 Å². The van der Waals surface area contributed by atoms with E-state index in [1.54, 1.807) is 17.1 Å². The predicted molar refractivity (Wildman–Crippen MR) is 85.6 cm³/mol. The van der Waals surface area contributed by atoms with Crippen LogP contribution in [0.3, 0.4) is 0 Å². The summed E-state index contributed by atoms with van der Waals surface area (Å²) < 4.78 is 1.76. The zero-order chi connectivity index (χ0) is 16.2. The molecule has 0 bridgehead atoms. The number of piperazine rings is 1. The monoisotopic (exact) mass is 317 g/mol. The van der Waals surface area contributed by atoms with E-state index in [1.165, 1.54) is 0 Å². The molecule has 1 aliphatic rings. The quantitative estimate of drug-likeness (QED) is 0.871. The van der Waals surface area contributed by atoms with E-state index in [0.717, 1.165) is 31.2 Å². The van der Waals surface area contributed by atoms with E-state index in [0.29, 0.717) is 13.1 Å². The molecule has 23 heavy (non-hydrogen) atoms. The summed E-state index contributed by atoms with van der Waals surface area (Å²) in [6.45, 7) is 5.76. The number of rotatable bonds is 4. The van der Waals surface area contributed by atoms with Crippen LogP contribution in [-0.2, 0) is 13.6 Å². The van der Waals surface area contributed by atoms with E-state index >= 15 is 0 Å². The second-order valence-corrected chi connectivity index (χ2v) is 5.67. The van der Waals surface area contributed by atoms with Gasteiger partial charge in [-0.2, -0.15) is 5.10 Å². The Morgan fingerprint density at radius 3 is 2.96 bits per heavy atom. The zero-order valence-electron chi connectivity index (χ0n) is 13.6. The van der Waals surface area contributed by atoms with Crippen LogP contribution in [0.4, 0.5) is 4.79 Å². The van der Waals surface area contributed by atoms with Gasteiger partial charge in [0.05, 0.1) is 18.3 Å². The van der Waals surface area contributed by atoms with Gasteiger partial charge < -0.3 is 15.2 Å². The first kappa shape index (κ1) is 15.5. The summed E-state index contributed by atoms with van der Waals surface area (Å²) in [7, 11) is 1.87. The minimum Gasteiger partial charge on any atom is -0.347 e. The van der Waals surface area contributed by atoms with Gasteiger partial charge >= 0.3 is 6.03 Å². The maximum atomic E-state index is 12.5. The lowest BCUT2D eigenvalue weighted by atomic mass is 10.1. The first-order valence-electron chi connectivity index (χ1n) is 7.92. The van der Waals surface area contributed by atoms with Gasteiger partial charge in [-0.25, -0.2) is 9.78 Å². The summed E-state index contributed by atoms with van der Waals surface area (Å²) >= 11 is 0. The van der Waals surface area contributed by atoms with Crippen molar-refractivity contribution in [1.29, 1.82) is 0 Å². The molecule has 0 saturated carbocycles. The topological polar surface area (TPSA) is 82.1 Å². The van der Waals surface area contributed by atoms with E-state index < -0.39 is 0 Å². The van der Waals surface area contributed by atoms with Crippen LogP contribution in [0.5, 0.6) is 0 Å². The second kappa shape index (κ2) is 6.82. The van der Waals surface area contributed by atoms with E-state index in [2.05, 4.69) is 32.2 Å². The first-order valence-corrected chi connectivity index (χ1v) is 7.92. The third-order valence-electron chi connectivity index (χ3n) is 4.36. The number of likely N-dealkylation sites (N-methyl/N-ethyl adjacent to an activating group) is 1. The van der Waals surface area contributed by atoms with Gasteiger partial charge in [-0.1, -0.05) is 6.92 Å². The number of hydrogen-bond donors (Lipinski definition) is 2. The molecule has 3 rings (SSSR count). The van der Waals surface area contributed by atoms with Crippen molar-refractivity contribution >= 4 is 6.03 Å². The van der Waals surface area contributed by atoms with Crippen molar-refractivity contribution in [3.05, 3.63) is 36.2 Å². The average Bonchev–Trinajstić information content (AvgIpc) is 3.23. The highest BCUT2D eigenvalue weighted by Crippen LogP contribution is 2.22. The molecule has 0 aromatic carbocycles. The van der Waals surface area contributed by atoms with Crippen LogP contribution in [0.25, 0.3) is 0 Å². The number of aromatic nitrogens is 4. The van der Waals surface area contributed by atoms with Crippen molar-refractivity contribution in [1.82, 2.24) is 34.9 Å². The van der Waals surface area contributed by atoms with Gasteiger partial charge in [0.25, 0.3) is 0 Å². The number of aryl methyl sites for hydroxylation is 1. The third-order valence-corrected chi connectivity index (χ3v) is 4.36. The molecule has 2 aromatic heterocycles. The number of H-pyrrole nitrogens is 1. The minimum absolute atomic E-state index is 0.0430. The van der Waals surface area contributed by atoms with Crippen LogP contribution in [0, 0.1) is 0 Å². The van der Waals surface area contributed by atoms with Crippen LogP contribution in [0.1, 0.15) is 24.5 Å². The van der Waals surface area contributed by atoms with Crippen molar-refractivity contribution in [2.45, 2.75) is 19.5 Å². The van der Waals surface area contributed by atoms with Crippen LogP contribution in [0.2, 0.25) is 0 Å². The smallest absolute Gasteiger partial charge is 0.317 e. The van der Waals surface area contributed by atoms with Gasteiger partial charge in [-0.3, -0.25) is 9.58 Å². The highest BCUT2D eigenvalue weighted by molar-refractivity contribution is 5.74. The first-order chi connectivity index (χ1) is 11.2. The molecule has 8 heteroatoms. The van der Waals surface area contributed by atoms with E-state index in [4.69, 9.17) is 0 Å². The van der Waals surface area contributed by atoms with Gasteiger partial charge in [0.1, 0.15) is 5.82 Å². The zero-order valence-corrected chi connectivity index (χ0v) is 13.6. The summed E-state index contributed by atoms with van der Waals surface area (Å²) in [5.41, 5.74) is 0.980. The Kier molecular flexibility index (Phi) is 4.61. The number of urea groups is 1. The van der Waals surface area contributed by atoms with Crippen LogP contribution in [-0.4, -0.2) is 61.8 Å². The van der Waals surface area contributed by atoms with Crippen LogP contribution in [0.15, 0.2) is 24.7 Å². The Balaban J connectivity index is 1.61. The molecule has 1 atom stereocenters. The molecule has 2 aromatic rings. The summed E-state index contributed by atoms with van der Waals surface area (Å²) in [5.74, 6) is 0.913. The lowest BCUT2D eigenvalue weighted by molar-refractivity contribution is 0.0895. The number of hydrogen-bond acceptors (Lipinski definition) is 4. The molecule has 8 nitrogen and oxygen atoms in total. The molecule has 0 aliphatic carbocycles. The highest BCUT2D eigenvalue weighted by atomic mass is 16.2. The minimum atomic E-state index is -0.0430. The number of amides is 2. The molecular formula is C15H23N7O. The van der Waals surface area contributed by atoms with Gasteiger partial charge in [0, 0.05) is 45.3 Å². The Hall–Kier alpha value is -2.35. The van der Waals surface area contributed by atoms with Crippen LogP contribution < -0.4 is 5.32 Å². The molecule has 1 saturated heterocycles. The SMILES string of the molecule is CCN1CCN(C(=O)NCc2ccnn2C)C[C@H]1c1ncc[nH]1. The summed E-state index contributed by atoms with van der Waals surface area (Å²) in [6.07, 6.45) is 5.31. The van der Waals surface area contributed by atoms with Crippen molar-refractivity contribution in [2.24, 2.45) is 7.05 Å². The number of aromatic amines is 1. The Morgan fingerprint density at radius 1 is 1.43 bits per heavy atom. The van der Waals surface area contributed by atoms with Gasteiger partial charge in [0.15, 0.2) is 0 Å². The van der Waals surface area contributed by atoms with E-state index in [-0.39, 0.29) is 12.1 Å². The maximum Gasteiger partial charge on any atom is 0.317 e. The van der Waals surface area contributed by atoms with Crippen LogP contribution >= 0.6 is 0 Å². The van der Waals surface area contributed by atoms with Crippen molar-refractivity contribution in [3.63, 3.8) is 0 Å². The van der Waals surface area contributed by atoms with E-state index in [1.807, 2.05) is 24.2 Å². The van der Waals surface area contributed by atoms with Crippen molar-refractivity contribution < 1.29 is 4.79 Å². The summed E-state index contributed by atoms with van der Waals surface area (Å²) in [5, 5.41) is 7.08. The second-order valence-electron chi connectivity index (χ2n) is 5.67. The van der Waals surface area contributed by atoms with Crippen molar-refractivity contribution in [2.75, 3.05) is 26.2 Å². The lowest BCUT2D eigenvalue weighted by Crippen LogP contribution is -2.53. The largest absolute Gasteiger partial charge is 0.347 e. The molecule has 0 unspecified atom stereocenters. The molecule has 0 radical (unpaired) electrons. The molecule has 124 valence electrons. The number of carbonyl (C=O) groups excluding carboxylic acids is 1.